The van der Waals surface area contributed by atoms with E-state index in [2.05, 4.69) is 69.1 Å². The molecule has 0 radical (unpaired) electrons. The first-order valence-corrected chi connectivity index (χ1v) is 7.55. The van der Waals surface area contributed by atoms with Gasteiger partial charge in [0.2, 0.25) is 5.89 Å². The van der Waals surface area contributed by atoms with Crippen molar-refractivity contribution in [3.8, 4) is 11.5 Å². The Hall–Kier alpha value is -2.09. The minimum absolute atomic E-state index is 0.494. The second-order valence-electron chi connectivity index (χ2n) is 6.18. The van der Waals surface area contributed by atoms with E-state index in [0.29, 0.717) is 17.7 Å². The minimum atomic E-state index is 0.494. The van der Waals surface area contributed by atoms with Gasteiger partial charge in [0.05, 0.1) is 0 Å². The van der Waals surface area contributed by atoms with Gasteiger partial charge in [0.15, 0.2) is 5.58 Å². The molecule has 3 aromatic rings. The maximum atomic E-state index is 5.93. The van der Waals surface area contributed by atoms with Crippen molar-refractivity contribution in [3.05, 3.63) is 53.6 Å². The average Bonchev–Trinajstić information content (AvgIpc) is 2.90. The van der Waals surface area contributed by atoms with Gasteiger partial charge in [-0.05, 0) is 47.2 Å². The van der Waals surface area contributed by atoms with Crippen molar-refractivity contribution in [3.63, 3.8) is 0 Å². The topological polar surface area (TPSA) is 26.0 Å². The van der Waals surface area contributed by atoms with Crippen LogP contribution in [-0.4, -0.2) is 4.98 Å². The number of benzene rings is 2. The number of oxazole rings is 1. The van der Waals surface area contributed by atoms with E-state index in [0.717, 1.165) is 16.7 Å². The molecule has 21 heavy (non-hydrogen) atoms. The third-order valence-electron chi connectivity index (χ3n) is 3.90. The maximum absolute atomic E-state index is 5.93. The van der Waals surface area contributed by atoms with Gasteiger partial charge >= 0.3 is 0 Å². The first-order chi connectivity index (χ1) is 10.0. The van der Waals surface area contributed by atoms with Crippen molar-refractivity contribution < 1.29 is 4.42 Å². The SMILES string of the molecule is CC(C)c1ccc(-c2nc3ccc(C(C)C)cc3o2)cc1. The molecule has 0 aliphatic rings. The Morgan fingerprint density at radius 2 is 1.43 bits per heavy atom. The molecule has 0 saturated carbocycles. The molecule has 1 heterocycles. The highest BCUT2D eigenvalue weighted by Gasteiger charge is 2.10. The summed E-state index contributed by atoms with van der Waals surface area (Å²) in [6.45, 7) is 8.76. The van der Waals surface area contributed by atoms with Crippen LogP contribution in [0.2, 0.25) is 0 Å². The summed E-state index contributed by atoms with van der Waals surface area (Å²) in [5, 5.41) is 0. The third-order valence-corrected chi connectivity index (χ3v) is 3.90. The lowest BCUT2D eigenvalue weighted by atomic mass is 10.0. The number of rotatable bonds is 3. The van der Waals surface area contributed by atoms with Crippen molar-refractivity contribution >= 4 is 11.1 Å². The molecular formula is C19H21NO. The summed E-state index contributed by atoms with van der Waals surface area (Å²) in [5.41, 5.74) is 5.42. The van der Waals surface area contributed by atoms with Gasteiger partial charge < -0.3 is 4.42 Å². The van der Waals surface area contributed by atoms with E-state index in [4.69, 9.17) is 4.42 Å². The fourth-order valence-electron chi connectivity index (χ4n) is 2.43. The second-order valence-corrected chi connectivity index (χ2v) is 6.18. The number of hydrogen-bond donors (Lipinski definition) is 0. The molecule has 0 saturated heterocycles. The molecule has 0 aliphatic heterocycles. The minimum Gasteiger partial charge on any atom is -0.436 e. The maximum Gasteiger partial charge on any atom is 0.227 e. The predicted molar refractivity (Wildman–Crippen MR) is 87.6 cm³/mol. The smallest absolute Gasteiger partial charge is 0.227 e. The zero-order valence-electron chi connectivity index (χ0n) is 13.1. The van der Waals surface area contributed by atoms with E-state index in [1.165, 1.54) is 11.1 Å². The van der Waals surface area contributed by atoms with Crippen LogP contribution in [0.3, 0.4) is 0 Å². The summed E-state index contributed by atoms with van der Waals surface area (Å²) in [7, 11) is 0. The molecule has 0 amide bonds. The van der Waals surface area contributed by atoms with Crippen LogP contribution in [0.25, 0.3) is 22.6 Å². The monoisotopic (exact) mass is 279 g/mol. The van der Waals surface area contributed by atoms with E-state index in [-0.39, 0.29) is 0 Å². The molecule has 0 bridgehead atoms. The molecule has 108 valence electrons. The van der Waals surface area contributed by atoms with E-state index in [1.807, 2.05) is 6.07 Å². The standard InChI is InChI=1S/C19H21NO/c1-12(2)14-5-7-15(8-6-14)19-20-17-10-9-16(13(3)4)11-18(17)21-19/h5-13H,1-4H3. The first kappa shape index (κ1) is 13.9. The van der Waals surface area contributed by atoms with Gasteiger partial charge in [0.25, 0.3) is 0 Å². The highest BCUT2D eigenvalue weighted by atomic mass is 16.3. The zero-order valence-corrected chi connectivity index (χ0v) is 13.1. The zero-order chi connectivity index (χ0) is 15.0. The fraction of sp³-hybridized carbons (Fsp3) is 0.316. The van der Waals surface area contributed by atoms with E-state index in [9.17, 15) is 0 Å². The van der Waals surface area contributed by atoms with Crippen LogP contribution >= 0.6 is 0 Å². The summed E-state index contributed by atoms with van der Waals surface area (Å²) < 4.78 is 5.93. The molecule has 2 nitrogen and oxygen atoms in total. The van der Waals surface area contributed by atoms with Gasteiger partial charge in [-0.3, -0.25) is 0 Å². The van der Waals surface area contributed by atoms with Gasteiger partial charge in [-0.15, -0.1) is 0 Å². The largest absolute Gasteiger partial charge is 0.436 e. The van der Waals surface area contributed by atoms with Crippen LogP contribution in [0.1, 0.15) is 50.7 Å². The molecule has 2 aromatic carbocycles. The lowest BCUT2D eigenvalue weighted by Crippen LogP contribution is -1.86. The van der Waals surface area contributed by atoms with Crippen LogP contribution in [0, 0.1) is 0 Å². The van der Waals surface area contributed by atoms with Crippen LogP contribution in [0.15, 0.2) is 46.9 Å². The summed E-state index contributed by atoms with van der Waals surface area (Å²) in [5.74, 6) is 1.73. The molecular weight excluding hydrogens is 258 g/mol. The summed E-state index contributed by atoms with van der Waals surface area (Å²) in [6, 6.07) is 14.7. The predicted octanol–water partition coefficient (Wildman–Crippen LogP) is 5.74. The van der Waals surface area contributed by atoms with E-state index in [1.54, 1.807) is 0 Å². The lowest BCUT2D eigenvalue weighted by molar-refractivity contribution is 0.619. The van der Waals surface area contributed by atoms with Crippen LogP contribution in [0.5, 0.6) is 0 Å². The van der Waals surface area contributed by atoms with Crippen molar-refractivity contribution in [1.29, 1.82) is 0 Å². The highest BCUT2D eigenvalue weighted by molar-refractivity contribution is 5.77. The number of fused-ring (bicyclic) bond motifs is 1. The van der Waals surface area contributed by atoms with Crippen LogP contribution in [0.4, 0.5) is 0 Å². The van der Waals surface area contributed by atoms with Crippen LogP contribution in [-0.2, 0) is 0 Å². The fourth-order valence-corrected chi connectivity index (χ4v) is 2.43. The molecule has 3 rings (SSSR count). The highest BCUT2D eigenvalue weighted by Crippen LogP contribution is 2.28. The lowest BCUT2D eigenvalue weighted by Gasteiger charge is -2.04. The summed E-state index contributed by atoms with van der Waals surface area (Å²) in [4.78, 5) is 4.59. The average molecular weight is 279 g/mol. The molecule has 0 aliphatic carbocycles. The molecule has 1 aromatic heterocycles. The Balaban J connectivity index is 2.00. The Morgan fingerprint density at radius 3 is 2.05 bits per heavy atom. The Kier molecular flexibility index (Phi) is 3.54. The number of aromatic nitrogens is 1. The Bertz CT molecular complexity index is 751. The molecule has 0 atom stereocenters. The normalized spacial score (nSPS) is 11.7. The van der Waals surface area contributed by atoms with Crippen molar-refractivity contribution in [2.75, 3.05) is 0 Å². The van der Waals surface area contributed by atoms with Crippen molar-refractivity contribution in [1.82, 2.24) is 4.98 Å². The van der Waals surface area contributed by atoms with Crippen LogP contribution < -0.4 is 0 Å². The Morgan fingerprint density at radius 1 is 0.810 bits per heavy atom. The van der Waals surface area contributed by atoms with Gasteiger partial charge in [-0.1, -0.05) is 45.9 Å². The van der Waals surface area contributed by atoms with Gasteiger partial charge in [-0.2, -0.15) is 0 Å². The molecule has 0 fully saturated rings. The second kappa shape index (κ2) is 5.36. The Labute approximate surface area is 125 Å². The number of nitrogens with zero attached hydrogens (tertiary/aromatic N) is 1. The molecule has 0 spiro atoms. The molecule has 0 N–H and O–H groups in total. The van der Waals surface area contributed by atoms with Crippen molar-refractivity contribution in [2.45, 2.75) is 39.5 Å². The summed E-state index contributed by atoms with van der Waals surface area (Å²) >= 11 is 0. The molecule has 0 unspecified atom stereocenters. The van der Waals surface area contributed by atoms with E-state index < -0.39 is 0 Å². The van der Waals surface area contributed by atoms with Gasteiger partial charge in [0.1, 0.15) is 5.52 Å². The van der Waals surface area contributed by atoms with Gasteiger partial charge in [-0.25, -0.2) is 4.98 Å². The molecule has 2 heteroatoms. The first-order valence-electron chi connectivity index (χ1n) is 7.55. The summed E-state index contributed by atoms with van der Waals surface area (Å²) in [6.07, 6.45) is 0. The van der Waals surface area contributed by atoms with Crippen molar-refractivity contribution in [2.24, 2.45) is 0 Å². The van der Waals surface area contributed by atoms with E-state index >= 15 is 0 Å². The van der Waals surface area contributed by atoms with Gasteiger partial charge in [0, 0.05) is 5.56 Å². The quantitative estimate of drug-likeness (QED) is 0.611. The third kappa shape index (κ3) is 2.71. The number of hydrogen-bond acceptors (Lipinski definition) is 2.